The molecule has 3 aromatic rings. The van der Waals surface area contributed by atoms with Crippen LogP contribution in [0.1, 0.15) is 10.5 Å². The number of nitrogen functional groups attached to an aromatic ring is 1. The highest BCUT2D eigenvalue weighted by atomic mass is 16.5. The van der Waals surface area contributed by atoms with Crippen LogP contribution in [0.5, 0.6) is 0 Å². The van der Waals surface area contributed by atoms with Crippen LogP contribution in [0.4, 0.5) is 5.82 Å². The molecule has 18 heavy (non-hydrogen) atoms. The van der Waals surface area contributed by atoms with Gasteiger partial charge in [0.15, 0.2) is 5.69 Å². The molecule has 0 atom stereocenters. The van der Waals surface area contributed by atoms with Gasteiger partial charge in [0.1, 0.15) is 16.9 Å². The third-order valence-electron chi connectivity index (χ3n) is 2.66. The van der Waals surface area contributed by atoms with Gasteiger partial charge in [0.2, 0.25) is 0 Å². The number of carbonyl (C=O) groups excluding carboxylic acids is 1. The van der Waals surface area contributed by atoms with Crippen LogP contribution in [0, 0.1) is 0 Å². The summed E-state index contributed by atoms with van der Waals surface area (Å²) in [5.41, 5.74) is 7.99. The van der Waals surface area contributed by atoms with Gasteiger partial charge in [0.25, 0.3) is 0 Å². The summed E-state index contributed by atoms with van der Waals surface area (Å²) in [6.07, 6.45) is 4.70. The standard InChI is InChI=1S/C11H9N5O2/c1-18-11(17)6-2-8-7(3-14-6)15-10(12)9-4-13-5-16(8)9/h2-5H,1H3,(H2,12,15). The zero-order chi connectivity index (χ0) is 12.7. The minimum absolute atomic E-state index is 0.214. The maximum atomic E-state index is 11.4. The molecule has 0 aliphatic rings. The second-order valence-electron chi connectivity index (χ2n) is 3.70. The van der Waals surface area contributed by atoms with Gasteiger partial charge < -0.3 is 10.5 Å². The molecule has 0 unspecified atom stereocenters. The van der Waals surface area contributed by atoms with Crippen LogP contribution in [-0.4, -0.2) is 32.4 Å². The van der Waals surface area contributed by atoms with E-state index in [-0.39, 0.29) is 5.69 Å². The van der Waals surface area contributed by atoms with Crippen LogP contribution in [-0.2, 0) is 4.74 Å². The lowest BCUT2D eigenvalue weighted by Gasteiger charge is -2.05. The Bertz CT molecular complexity index is 765. The topological polar surface area (TPSA) is 95.4 Å². The lowest BCUT2D eigenvalue weighted by Crippen LogP contribution is -2.05. The SMILES string of the molecule is COC(=O)c1cc2c(cn1)nc(N)c1cncn12. The Hall–Kier alpha value is -2.70. The third kappa shape index (κ3) is 1.37. The van der Waals surface area contributed by atoms with Crippen molar-refractivity contribution in [1.82, 2.24) is 19.4 Å². The Labute approximate surface area is 101 Å². The number of ether oxygens (including phenoxy) is 1. The first kappa shape index (κ1) is 10.5. The van der Waals surface area contributed by atoms with Crippen molar-refractivity contribution in [3.63, 3.8) is 0 Å². The molecule has 3 heterocycles. The number of hydrogen-bond acceptors (Lipinski definition) is 6. The number of esters is 1. The molecule has 0 saturated heterocycles. The van der Waals surface area contributed by atoms with Gasteiger partial charge in [0, 0.05) is 0 Å². The first-order valence-electron chi connectivity index (χ1n) is 5.16. The van der Waals surface area contributed by atoms with E-state index in [9.17, 15) is 4.79 Å². The molecular formula is C11H9N5O2. The normalized spacial score (nSPS) is 10.9. The lowest BCUT2D eigenvalue weighted by molar-refractivity contribution is 0.0594. The molecule has 0 aromatic carbocycles. The third-order valence-corrected chi connectivity index (χ3v) is 2.66. The number of hydrogen-bond donors (Lipinski definition) is 1. The predicted octanol–water partition coefficient (Wildman–Crippen LogP) is 0.646. The quantitative estimate of drug-likeness (QED) is 0.630. The summed E-state index contributed by atoms with van der Waals surface area (Å²) in [4.78, 5) is 23.6. The van der Waals surface area contributed by atoms with Crippen LogP contribution in [0.2, 0.25) is 0 Å². The van der Waals surface area contributed by atoms with E-state index in [1.807, 2.05) is 0 Å². The highest BCUT2D eigenvalue weighted by Gasteiger charge is 2.11. The number of aromatic nitrogens is 4. The Balaban J connectivity index is 2.38. The van der Waals surface area contributed by atoms with E-state index in [1.54, 1.807) is 23.0 Å². The number of anilines is 1. The molecule has 0 amide bonds. The first-order valence-corrected chi connectivity index (χ1v) is 5.16. The van der Waals surface area contributed by atoms with Crippen LogP contribution < -0.4 is 5.73 Å². The highest BCUT2D eigenvalue weighted by molar-refractivity contribution is 5.92. The average Bonchev–Trinajstić information content (AvgIpc) is 2.88. The number of nitrogens with zero attached hydrogens (tertiary/aromatic N) is 4. The summed E-state index contributed by atoms with van der Waals surface area (Å²) in [5.74, 6) is -0.130. The van der Waals surface area contributed by atoms with Crippen molar-refractivity contribution in [2.75, 3.05) is 12.8 Å². The van der Waals surface area contributed by atoms with Gasteiger partial charge in [-0.3, -0.25) is 4.40 Å². The number of fused-ring (bicyclic) bond motifs is 3. The van der Waals surface area contributed by atoms with E-state index in [0.717, 1.165) is 0 Å². The summed E-state index contributed by atoms with van der Waals surface area (Å²) in [6, 6.07) is 1.60. The number of nitrogens with two attached hydrogens (primary N) is 1. The van der Waals surface area contributed by atoms with Gasteiger partial charge in [-0.25, -0.2) is 19.7 Å². The van der Waals surface area contributed by atoms with Crippen molar-refractivity contribution in [2.45, 2.75) is 0 Å². The number of rotatable bonds is 1. The fourth-order valence-corrected chi connectivity index (χ4v) is 1.80. The van der Waals surface area contributed by atoms with Gasteiger partial charge in [0.05, 0.1) is 31.3 Å². The van der Waals surface area contributed by atoms with Gasteiger partial charge >= 0.3 is 5.97 Å². The Morgan fingerprint density at radius 3 is 3.00 bits per heavy atom. The van der Waals surface area contributed by atoms with Crippen LogP contribution in [0.25, 0.3) is 16.6 Å². The van der Waals surface area contributed by atoms with Crippen LogP contribution in [0.15, 0.2) is 24.8 Å². The molecule has 3 rings (SSSR count). The van der Waals surface area contributed by atoms with E-state index < -0.39 is 5.97 Å². The molecule has 0 fully saturated rings. The Morgan fingerprint density at radius 2 is 2.22 bits per heavy atom. The van der Waals surface area contributed by atoms with E-state index in [2.05, 4.69) is 19.7 Å². The van der Waals surface area contributed by atoms with Crippen molar-refractivity contribution in [3.8, 4) is 0 Å². The summed E-state index contributed by atoms with van der Waals surface area (Å²) in [6.45, 7) is 0. The molecule has 0 radical (unpaired) electrons. The molecule has 2 N–H and O–H groups in total. The molecule has 0 bridgehead atoms. The fraction of sp³-hybridized carbons (Fsp3) is 0.0909. The van der Waals surface area contributed by atoms with Crippen LogP contribution in [0.3, 0.4) is 0 Å². The largest absolute Gasteiger partial charge is 0.464 e. The maximum absolute atomic E-state index is 11.4. The van der Waals surface area contributed by atoms with Gasteiger partial charge in [-0.15, -0.1) is 0 Å². The smallest absolute Gasteiger partial charge is 0.356 e. The van der Waals surface area contributed by atoms with Gasteiger partial charge in [-0.05, 0) is 6.07 Å². The highest BCUT2D eigenvalue weighted by Crippen LogP contribution is 2.19. The second-order valence-corrected chi connectivity index (χ2v) is 3.70. The number of methoxy groups -OCH3 is 1. The molecule has 0 saturated carbocycles. The van der Waals surface area contributed by atoms with Crippen molar-refractivity contribution in [1.29, 1.82) is 0 Å². The van der Waals surface area contributed by atoms with Gasteiger partial charge in [-0.2, -0.15) is 0 Å². The zero-order valence-corrected chi connectivity index (χ0v) is 9.49. The first-order chi connectivity index (χ1) is 8.70. The van der Waals surface area contributed by atoms with Crippen LogP contribution >= 0.6 is 0 Å². The van der Waals surface area contributed by atoms with Gasteiger partial charge in [-0.1, -0.05) is 0 Å². The fourth-order valence-electron chi connectivity index (χ4n) is 1.80. The van der Waals surface area contributed by atoms with E-state index in [1.165, 1.54) is 13.3 Å². The molecule has 7 heteroatoms. The molecule has 90 valence electrons. The molecule has 3 aromatic heterocycles. The minimum atomic E-state index is -0.498. The maximum Gasteiger partial charge on any atom is 0.356 e. The zero-order valence-electron chi connectivity index (χ0n) is 9.49. The number of pyridine rings is 1. The summed E-state index contributed by atoms with van der Waals surface area (Å²) in [5, 5.41) is 0. The number of imidazole rings is 1. The average molecular weight is 243 g/mol. The molecule has 0 aliphatic heterocycles. The summed E-state index contributed by atoms with van der Waals surface area (Å²) >= 11 is 0. The van der Waals surface area contributed by atoms with E-state index in [4.69, 9.17) is 5.73 Å². The van der Waals surface area contributed by atoms with Crippen molar-refractivity contribution >= 4 is 28.3 Å². The molecule has 0 aliphatic carbocycles. The summed E-state index contributed by atoms with van der Waals surface area (Å²) in [7, 11) is 1.31. The second kappa shape index (κ2) is 3.66. The molecule has 0 spiro atoms. The van der Waals surface area contributed by atoms with Crippen molar-refractivity contribution < 1.29 is 9.53 Å². The Kier molecular flexibility index (Phi) is 2.12. The predicted molar refractivity (Wildman–Crippen MR) is 64.0 cm³/mol. The number of carbonyl (C=O) groups is 1. The molecule has 7 nitrogen and oxygen atoms in total. The van der Waals surface area contributed by atoms with Crippen molar-refractivity contribution in [2.24, 2.45) is 0 Å². The lowest BCUT2D eigenvalue weighted by atomic mass is 10.3. The van der Waals surface area contributed by atoms with E-state index in [0.29, 0.717) is 22.4 Å². The minimum Gasteiger partial charge on any atom is -0.464 e. The monoisotopic (exact) mass is 243 g/mol. The molecular weight excluding hydrogens is 234 g/mol. The van der Waals surface area contributed by atoms with Crippen molar-refractivity contribution in [3.05, 3.63) is 30.5 Å². The van der Waals surface area contributed by atoms with E-state index >= 15 is 0 Å². The Morgan fingerprint density at radius 1 is 1.39 bits per heavy atom. The summed E-state index contributed by atoms with van der Waals surface area (Å²) < 4.78 is 6.39.